The van der Waals surface area contributed by atoms with Gasteiger partial charge in [-0.05, 0) is 13.8 Å². The third-order valence-electron chi connectivity index (χ3n) is 4.42. The summed E-state index contributed by atoms with van der Waals surface area (Å²) >= 11 is 0. The zero-order valence-electron chi connectivity index (χ0n) is 15.7. The van der Waals surface area contributed by atoms with Crippen molar-refractivity contribution < 1.29 is 38.0 Å². The summed E-state index contributed by atoms with van der Waals surface area (Å²) in [5, 5.41) is 0. The van der Waals surface area contributed by atoms with E-state index >= 15 is 0 Å². The van der Waals surface area contributed by atoms with Crippen LogP contribution < -0.4 is 0 Å². The maximum Gasteiger partial charge on any atom is 0.222 e. The van der Waals surface area contributed by atoms with Crippen LogP contribution in [-0.2, 0) is 38.0 Å². The molecule has 1 saturated carbocycles. The molecule has 146 valence electrons. The standard InChI is InChI=1S/C16H29NO8/c1-10(18)17-11-12(22-7-19-4)14(23-8-20-5)15(24-9-21-6)13(11)25-16(17,2)3/h11-15H,7-9H2,1-6H3/t11-,12-,13-,14+,15+/m0/s1. The highest BCUT2D eigenvalue weighted by atomic mass is 16.7. The third-order valence-corrected chi connectivity index (χ3v) is 4.42. The average molecular weight is 363 g/mol. The first-order valence-corrected chi connectivity index (χ1v) is 8.18. The van der Waals surface area contributed by atoms with Gasteiger partial charge in [0.2, 0.25) is 5.91 Å². The Bertz CT molecular complexity index is 446. The summed E-state index contributed by atoms with van der Waals surface area (Å²) in [6.07, 6.45) is -1.89. The van der Waals surface area contributed by atoms with Crippen LogP contribution in [0, 0.1) is 0 Å². The fourth-order valence-corrected chi connectivity index (χ4v) is 3.73. The lowest BCUT2D eigenvalue weighted by Gasteiger charge is -2.37. The summed E-state index contributed by atoms with van der Waals surface area (Å²) in [4.78, 5) is 14.0. The van der Waals surface area contributed by atoms with Crippen LogP contribution in [0.1, 0.15) is 20.8 Å². The summed E-state index contributed by atoms with van der Waals surface area (Å²) in [6, 6.07) is -0.369. The van der Waals surface area contributed by atoms with Crippen LogP contribution in [-0.4, -0.2) is 88.7 Å². The molecule has 25 heavy (non-hydrogen) atoms. The molecule has 0 unspecified atom stereocenters. The minimum atomic E-state index is -0.781. The molecular weight excluding hydrogens is 334 g/mol. The molecule has 0 bridgehead atoms. The molecule has 2 rings (SSSR count). The molecule has 1 heterocycles. The number of fused-ring (bicyclic) bond motifs is 1. The van der Waals surface area contributed by atoms with Gasteiger partial charge in [-0.25, -0.2) is 0 Å². The molecule has 2 aliphatic rings. The Hall–Kier alpha value is -0.810. The van der Waals surface area contributed by atoms with Crippen molar-refractivity contribution >= 4 is 5.91 Å². The lowest BCUT2D eigenvalue weighted by molar-refractivity contribution is -0.216. The Morgan fingerprint density at radius 1 is 0.920 bits per heavy atom. The van der Waals surface area contributed by atoms with Crippen molar-refractivity contribution in [2.45, 2.75) is 57.0 Å². The van der Waals surface area contributed by atoms with Gasteiger partial charge in [0.15, 0.2) is 0 Å². The second-order valence-corrected chi connectivity index (χ2v) is 6.52. The number of hydrogen-bond donors (Lipinski definition) is 0. The topological polar surface area (TPSA) is 84.9 Å². The second-order valence-electron chi connectivity index (χ2n) is 6.52. The van der Waals surface area contributed by atoms with Gasteiger partial charge in [-0.1, -0.05) is 0 Å². The summed E-state index contributed by atoms with van der Waals surface area (Å²) in [5.41, 5.74) is -0.781. The largest absolute Gasteiger partial charge is 0.359 e. The molecule has 9 heteroatoms. The van der Waals surface area contributed by atoms with Gasteiger partial charge in [0, 0.05) is 28.3 Å². The molecule has 1 aliphatic carbocycles. The van der Waals surface area contributed by atoms with Crippen LogP contribution in [0.4, 0.5) is 0 Å². The summed E-state index contributed by atoms with van der Waals surface area (Å²) in [5.74, 6) is -0.110. The van der Waals surface area contributed by atoms with Gasteiger partial charge in [0.25, 0.3) is 0 Å². The van der Waals surface area contributed by atoms with E-state index in [1.165, 1.54) is 28.3 Å². The quantitative estimate of drug-likeness (QED) is 0.542. The number of carbonyl (C=O) groups excluding carboxylic acids is 1. The van der Waals surface area contributed by atoms with Crippen LogP contribution in [0.5, 0.6) is 0 Å². The fourth-order valence-electron chi connectivity index (χ4n) is 3.73. The molecular formula is C16H29NO8. The van der Waals surface area contributed by atoms with E-state index in [4.69, 9.17) is 33.2 Å². The molecule has 1 amide bonds. The van der Waals surface area contributed by atoms with Crippen molar-refractivity contribution in [2.75, 3.05) is 41.7 Å². The summed E-state index contributed by atoms with van der Waals surface area (Å²) in [6.45, 7) is 5.39. The highest BCUT2D eigenvalue weighted by Gasteiger charge is 2.64. The van der Waals surface area contributed by atoms with Gasteiger partial charge < -0.3 is 38.1 Å². The highest BCUT2D eigenvalue weighted by Crippen LogP contribution is 2.44. The number of hydrogen-bond acceptors (Lipinski definition) is 8. The third kappa shape index (κ3) is 4.13. The first kappa shape index (κ1) is 20.5. The van der Waals surface area contributed by atoms with Crippen LogP contribution in [0.3, 0.4) is 0 Å². The summed E-state index contributed by atoms with van der Waals surface area (Å²) < 4.78 is 38.8. The van der Waals surface area contributed by atoms with Crippen molar-refractivity contribution in [3.8, 4) is 0 Å². The van der Waals surface area contributed by atoms with Crippen LogP contribution in [0.25, 0.3) is 0 Å². The number of nitrogens with zero attached hydrogens (tertiary/aromatic N) is 1. The number of amides is 1. The molecule has 0 aromatic heterocycles. The maximum absolute atomic E-state index is 12.3. The number of methoxy groups -OCH3 is 3. The van der Waals surface area contributed by atoms with Gasteiger partial charge in [-0.2, -0.15) is 0 Å². The lowest BCUT2D eigenvalue weighted by atomic mass is 10.1. The predicted molar refractivity (Wildman–Crippen MR) is 85.5 cm³/mol. The second kappa shape index (κ2) is 8.72. The SMILES string of the molecule is COCO[C@H]1[C@H](OCOC)[C@H]2OC(C)(C)N(C(C)=O)[C@H]2[C@@H]1OCOC. The number of ether oxygens (including phenoxy) is 7. The number of carbonyl (C=O) groups is 1. The Morgan fingerprint density at radius 2 is 1.40 bits per heavy atom. The van der Waals surface area contributed by atoms with Crippen LogP contribution in [0.2, 0.25) is 0 Å². The molecule has 5 atom stereocenters. The zero-order valence-corrected chi connectivity index (χ0v) is 15.7. The van der Waals surface area contributed by atoms with Crippen LogP contribution in [0.15, 0.2) is 0 Å². The molecule has 0 aromatic rings. The molecule has 0 N–H and O–H groups in total. The molecule has 1 saturated heterocycles. The van der Waals surface area contributed by atoms with Crippen molar-refractivity contribution in [3.05, 3.63) is 0 Å². The van der Waals surface area contributed by atoms with Crippen molar-refractivity contribution in [2.24, 2.45) is 0 Å². The van der Waals surface area contributed by atoms with Crippen LogP contribution >= 0.6 is 0 Å². The van der Waals surface area contributed by atoms with Crippen molar-refractivity contribution in [1.82, 2.24) is 4.90 Å². The van der Waals surface area contributed by atoms with Gasteiger partial charge in [0.05, 0.1) is 6.04 Å². The van der Waals surface area contributed by atoms with E-state index in [-0.39, 0.29) is 32.3 Å². The maximum atomic E-state index is 12.3. The van der Waals surface area contributed by atoms with E-state index in [2.05, 4.69) is 0 Å². The predicted octanol–water partition coefficient (Wildman–Crippen LogP) is 0.319. The van der Waals surface area contributed by atoms with Gasteiger partial charge in [0.1, 0.15) is 50.5 Å². The Morgan fingerprint density at radius 3 is 1.88 bits per heavy atom. The normalized spacial score (nSPS) is 33.7. The molecule has 0 aromatic carbocycles. The van der Waals surface area contributed by atoms with E-state index in [1.54, 1.807) is 4.90 Å². The van der Waals surface area contributed by atoms with E-state index < -0.39 is 30.1 Å². The van der Waals surface area contributed by atoms with Gasteiger partial charge in [-0.15, -0.1) is 0 Å². The smallest absolute Gasteiger partial charge is 0.222 e. The fraction of sp³-hybridized carbons (Fsp3) is 0.938. The monoisotopic (exact) mass is 363 g/mol. The van der Waals surface area contributed by atoms with E-state index in [0.717, 1.165) is 0 Å². The molecule has 0 spiro atoms. The molecule has 0 radical (unpaired) electrons. The molecule has 2 fully saturated rings. The minimum absolute atomic E-state index is 0.0594. The van der Waals surface area contributed by atoms with Gasteiger partial charge in [-0.3, -0.25) is 4.79 Å². The minimum Gasteiger partial charge on any atom is -0.359 e. The van der Waals surface area contributed by atoms with E-state index in [1.807, 2.05) is 13.8 Å². The van der Waals surface area contributed by atoms with E-state index in [0.29, 0.717) is 0 Å². The first-order chi connectivity index (χ1) is 11.9. The van der Waals surface area contributed by atoms with Gasteiger partial charge >= 0.3 is 0 Å². The molecule has 1 aliphatic heterocycles. The molecule has 9 nitrogen and oxygen atoms in total. The first-order valence-electron chi connectivity index (χ1n) is 8.18. The van der Waals surface area contributed by atoms with Crippen molar-refractivity contribution in [3.63, 3.8) is 0 Å². The summed E-state index contributed by atoms with van der Waals surface area (Å²) in [7, 11) is 4.61. The van der Waals surface area contributed by atoms with Crippen molar-refractivity contribution in [1.29, 1.82) is 0 Å². The zero-order chi connectivity index (χ0) is 18.6. The number of rotatable bonds is 9. The lowest BCUT2D eigenvalue weighted by Crippen LogP contribution is -2.53. The Balaban J connectivity index is 2.33. The Labute approximate surface area is 148 Å². The Kier molecular flexibility index (Phi) is 7.15. The highest BCUT2D eigenvalue weighted by molar-refractivity contribution is 5.75. The van der Waals surface area contributed by atoms with E-state index in [9.17, 15) is 4.79 Å². The average Bonchev–Trinajstić information content (AvgIpc) is 2.97.